The largest absolute Gasteiger partial charge is 0.340 e. The van der Waals surface area contributed by atoms with Gasteiger partial charge >= 0.3 is 0 Å². The molecule has 0 bridgehead atoms. The summed E-state index contributed by atoms with van der Waals surface area (Å²) in [4.78, 5) is 47.0. The lowest BCUT2D eigenvalue weighted by molar-refractivity contribution is -0.142. The molecule has 3 aromatic rings. The Bertz CT molecular complexity index is 1150. The van der Waals surface area contributed by atoms with Gasteiger partial charge in [-0.05, 0) is 30.7 Å². The van der Waals surface area contributed by atoms with E-state index in [1.807, 2.05) is 61.5 Å². The predicted octanol–water partition coefficient (Wildman–Crippen LogP) is 2.40. The Morgan fingerprint density at radius 3 is 2.55 bits per heavy atom. The number of carbonyl (C=O) groups is 3. The van der Waals surface area contributed by atoms with Crippen LogP contribution < -0.4 is 0 Å². The second-order valence-electron chi connectivity index (χ2n) is 8.52. The summed E-state index contributed by atoms with van der Waals surface area (Å²) in [6, 6.07) is 16.6. The summed E-state index contributed by atoms with van der Waals surface area (Å²) >= 11 is 0. The van der Waals surface area contributed by atoms with Gasteiger partial charge in [-0.3, -0.25) is 29.4 Å². The molecule has 0 aliphatic carbocycles. The van der Waals surface area contributed by atoms with Crippen LogP contribution in [-0.2, 0) is 32.8 Å². The molecule has 8 heteroatoms. The van der Waals surface area contributed by atoms with E-state index >= 15 is 0 Å². The predicted molar refractivity (Wildman–Crippen MR) is 122 cm³/mol. The number of amides is 3. The number of hydrogen-bond acceptors (Lipinski definition) is 5. The fraction of sp³-hybridized carbons (Fsp3) is 0.320. The van der Waals surface area contributed by atoms with Crippen LogP contribution in [0.1, 0.15) is 35.5 Å². The third kappa shape index (κ3) is 4.69. The molecular formula is C25H27N5O3. The molecule has 170 valence electrons. The van der Waals surface area contributed by atoms with Gasteiger partial charge in [0.25, 0.3) is 0 Å². The molecule has 0 spiro atoms. The van der Waals surface area contributed by atoms with Crippen molar-refractivity contribution in [3.63, 3.8) is 0 Å². The summed E-state index contributed by atoms with van der Waals surface area (Å²) in [5.41, 5.74) is 1.92. The van der Waals surface area contributed by atoms with E-state index in [4.69, 9.17) is 0 Å². The lowest BCUT2D eigenvalue weighted by Crippen LogP contribution is -2.43. The van der Waals surface area contributed by atoms with Crippen molar-refractivity contribution < 1.29 is 14.4 Å². The highest BCUT2D eigenvalue weighted by atomic mass is 16.2. The molecule has 1 atom stereocenters. The van der Waals surface area contributed by atoms with E-state index in [0.29, 0.717) is 18.5 Å². The fourth-order valence-electron chi connectivity index (χ4n) is 4.30. The van der Waals surface area contributed by atoms with Gasteiger partial charge in [-0.25, -0.2) is 0 Å². The van der Waals surface area contributed by atoms with E-state index in [9.17, 15) is 14.4 Å². The molecule has 4 rings (SSSR count). The number of pyridine rings is 1. The zero-order valence-electron chi connectivity index (χ0n) is 18.8. The number of benzene rings is 1. The standard InChI is InChI=1S/C25H27N5O3/c1-18-14-21(28-27-18)17-29(2)22(31)15-25(19-8-4-3-5-9-19)16-23(32)30(24(25)33)13-11-20-10-6-7-12-26-20/h3-10,12,14H,11,13,15-17H2,1-2H3,(H,27,28). The van der Waals surface area contributed by atoms with Crippen molar-refractivity contribution in [1.82, 2.24) is 25.0 Å². The van der Waals surface area contributed by atoms with Gasteiger partial charge < -0.3 is 4.90 Å². The first-order valence-electron chi connectivity index (χ1n) is 10.9. The first-order valence-corrected chi connectivity index (χ1v) is 10.9. The van der Waals surface area contributed by atoms with E-state index < -0.39 is 5.41 Å². The van der Waals surface area contributed by atoms with E-state index in [2.05, 4.69) is 15.2 Å². The van der Waals surface area contributed by atoms with Crippen molar-refractivity contribution in [3.8, 4) is 0 Å². The number of carbonyl (C=O) groups excluding carboxylic acids is 3. The molecule has 8 nitrogen and oxygen atoms in total. The van der Waals surface area contributed by atoms with Crippen molar-refractivity contribution >= 4 is 17.7 Å². The SMILES string of the molecule is Cc1cc(CN(C)C(=O)CC2(c3ccccc3)CC(=O)N(CCc3ccccn3)C2=O)n[nH]1. The lowest BCUT2D eigenvalue weighted by Gasteiger charge is -2.29. The van der Waals surface area contributed by atoms with E-state index in [-0.39, 0.29) is 37.1 Å². The molecule has 1 aliphatic rings. The molecular weight excluding hydrogens is 418 g/mol. The van der Waals surface area contributed by atoms with Crippen LogP contribution in [0.4, 0.5) is 0 Å². The average molecular weight is 446 g/mol. The van der Waals surface area contributed by atoms with Crippen LogP contribution in [0, 0.1) is 6.92 Å². The number of aromatic nitrogens is 3. The van der Waals surface area contributed by atoms with Gasteiger partial charge in [-0.1, -0.05) is 36.4 Å². The summed E-state index contributed by atoms with van der Waals surface area (Å²) in [7, 11) is 1.69. The van der Waals surface area contributed by atoms with Crippen LogP contribution in [0.2, 0.25) is 0 Å². The Hall–Kier alpha value is -3.81. The van der Waals surface area contributed by atoms with Crippen molar-refractivity contribution in [3.05, 3.63) is 83.4 Å². The maximum absolute atomic E-state index is 13.7. The van der Waals surface area contributed by atoms with Gasteiger partial charge in [0.15, 0.2) is 0 Å². The Labute approximate surface area is 192 Å². The number of aromatic amines is 1. The van der Waals surface area contributed by atoms with Crippen LogP contribution in [0.15, 0.2) is 60.8 Å². The van der Waals surface area contributed by atoms with Crippen molar-refractivity contribution in [2.24, 2.45) is 0 Å². The zero-order chi connectivity index (χ0) is 23.4. The molecule has 2 aromatic heterocycles. The zero-order valence-corrected chi connectivity index (χ0v) is 18.8. The smallest absolute Gasteiger partial charge is 0.240 e. The molecule has 1 saturated heterocycles. The molecule has 1 aliphatic heterocycles. The summed E-state index contributed by atoms with van der Waals surface area (Å²) in [6.07, 6.45) is 2.04. The number of imide groups is 1. The van der Waals surface area contributed by atoms with Crippen LogP contribution in [0.5, 0.6) is 0 Å². The van der Waals surface area contributed by atoms with Gasteiger partial charge in [-0.15, -0.1) is 0 Å². The topological polar surface area (TPSA) is 99.3 Å². The van der Waals surface area contributed by atoms with E-state index in [1.165, 1.54) is 4.90 Å². The number of H-pyrrole nitrogens is 1. The highest BCUT2D eigenvalue weighted by Crippen LogP contribution is 2.40. The third-order valence-corrected chi connectivity index (χ3v) is 6.09. The van der Waals surface area contributed by atoms with Gasteiger partial charge in [0.2, 0.25) is 17.7 Å². The molecule has 0 radical (unpaired) electrons. The highest BCUT2D eigenvalue weighted by molar-refractivity contribution is 6.10. The molecule has 1 aromatic carbocycles. The van der Waals surface area contributed by atoms with Crippen molar-refractivity contribution in [2.75, 3.05) is 13.6 Å². The number of aryl methyl sites for hydroxylation is 1. The van der Waals surface area contributed by atoms with E-state index in [0.717, 1.165) is 17.1 Å². The summed E-state index contributed by atoms with van der Waals surface area (Å²) in [5, 5.41) is 7.05. The number of hydrogen-bond donors (Lipinski definition) is 1. The Morgan fingerprint density at radius 1 is 1.12 bits per heavy atom. The lowest BCUT2D eigenvalue weighted by atomic mass is 9.75. The van der Waals surface area contributed by atoms with Gasteiger partial charge in [0, 0.05) is 50.4 Å². The molecule has 33 heavy (non-hydrogen) atoms. The van der Waals surface area contributed by atoms with Crippen LogP contribution in [0.25, 0.3) is 0 Å². The molecule has 1 fully saturated rings. The molecule has 1 unspecified atom stereocenters. The maximum Gasteiger partial charge on any atom is 0.240 e. The fourth-order valence-corrected chi connectivity index (χ4v) is 4.30. The quantitative estimate of drug-likeness (QED) is 0.537. The number of rotatable bonds is 8. The van der Waals surface area contributed by atoms with Gasteiger partial charge in [0.05, 0.1) is 17.7 Å². The van der Waals surface area contributed by atoms with Crippen LogP contribution in [-0.4, -0.2) is 56.3 Å². The average Bonchev–Trinajstić information content (AvgIpc) is 3.33. The monoisotopic (exact) mass is 445 g/mol. The molecule has 0 saturated carbocycles. The normalized spacial score (nSPS) is 18.1. The first-order chi connectivity index (χ1) is 15.9. The van der Waals surface area contributed by atoms with Crippen molar-refractivity contribution in [2.45, 2.75) is 38.1 Å². The first kappa shape index (κ1) is 22.4. The number of likely N-dealkylation sites (tertiary alicyclic amines) is 1. The number of nitrogens with one attached hydrogen (secondary N) is 1. The summed E-state index contributed by atoms with van der Waals surface area (Å²) in [6.45, 7) is 2.45. The van der Waals surface area contributed by atoms with E-state index in [1.54, 1.807) is 18.1 Å². The Morgan fingerprint density at radius 2 is 1.88 bits per heavy atom. The summed E-state index contributed by atoms with van der Waals surface area (Å²) in [5.74, 6) is -0.808. The highest BCUT2D eigenvalue weighted by Gasteiger charge is 2.53. The molecule has 1 N–H and O–H groups in total. The second kappa shape index (κ2) is 9.36. The second-order valence-corrected chi connectivity index (χ2v) is 8.52. The van der Waals surface area contributed by atoms with Crippen LogP contribution >= 0.6 is 0 Å². The van der Waals surface area contributed by atoms with Crippen LogP contribution in [0.3, 0.4) is 0 Å². The van der Waals surface area contributed by atoms with Gasteiger partial charge in [0.1, 0.15) is 0 Å². The summed E-state index contributed by atoms with van der Waals surface area (Å²) < 4.78 is 0. The minimum absolute atomic E-state index is 0.0286. The Balaban J connectivity index is 1.56. The van der Waals surface area contributed by atoms with Gasteiger partial charge in [-0.2, -0.15) is 5.10 Å². The third-order valence-electron chi connectivity index (χ3n) is 6.09. The molecule has 3 heterocycles. The number of nitrogens with zero attached hydrogens (tertiary/aromatic N) is 4. The van der Waals surface area contributed by atoms with Crippen molar-refractivity contribution in [1.29, 1.82) is 0 Å². The maximum atomic E-state index is 13.7. The minimum atomic E-state index is -1.21. The minimum Gasteiger partial charge on any atom is -0.340 e. The molecule has 3 amide bonds. The Kier molecular flexibility index (Phi) is 6.35.